The van der Waals surface area contributed by atoms with Gasteiger partial charge in [-0.05, 0) is 12.0 Å². The first-order valence-electron chi connectivity index (χ1n) is 4.14. The predicted molar refractivity (Wildman–Crippen MR) is 46.5 cm³/mol. The number of nitrogens with zero attached hydrogens (tertiary/aromatic N) is 2. The van der Waals surface area contributed by atoms with Crippen molar-refractivity contribution in [1.82, 2.24) is 9.97 Å². The molecule has 0 spiro atoms. The molecule has 3 nitrogen and oxygen atoms in total. The van der Waals surface area contributed by atoms with E-state index in [4.69, 9.17) is 5.11 Å². The smallest absolute Gasteiger partial charge is 0.128 e. The minimum Gasteiger partial charge on any atom is -0.390 e. The fraction of sp³-hybridized carbons (Fsp3) is 0.556. The second kappa shape index (κ2) is 4.16. The summed E-state index contributed by atoms with van der Waals surface area (Å²) >= 11 is 0. The largest absolute Gasteiger partial charge is 0.390 e. The van der Waals surface area contributed by atoms with Crippen molar-refractivity contribution in [2.24, 2.45) is 5.92 Å². The summed E-state index contributed by atoms with van der Waals surface area (Å²) in [6.07, 6.45) is 2.56. The topological polar surface area (TPSA) is 46.0 Å². The Hall–Kier alpha value is -0.960. The Morgan fingerprint density at radius 2 is 2.25 bits per heavy atom. The van der Waals surface area contributed by atoms with Crippen LogP contribution in [0.5, 0.6) is 0 Å². The van der Waals surface area contributed by atoms with Crippen molar-refractivity contribution in [3.05, 3.63) is 23.8 Å². The van der Waals surface area contributed by atoms with Crippen LogP contribution >= 0.6 is 0 Å². The van der Waals surface area contributed by atoms with Crippen molar-refractivity contribution in [3.8, 4) is 0 Å². The molecule has 3 heteroatoms. The van der Waals surface area contributed by atoms with Gasteiger partial charge in [-0.1, -0.05) is 13.8 Å². The molecule has 0 amide bonds. The quantitative estimate of drug-likeness (QED) is 0.733. The molecule has 1 heterocycles. The zero-order chi connectivity index (χ0) is 8.97. The van der Waals surface area contributed by atoms with Crippen LogP contribution in [0.25, 0.3) is 0 Å². The summed E-state index contributed by atoms with van der Waals surface area (Å²) in [6.45, 7) is 4.23. The molecule has 0 atom stereocenters. The molecule has 0 saturated heterocycles. The summed E-state index contributed by atoms with van der Waals surface area (Å²) in [6, 6.07) is 1.73. The van der Waals surface area contributed by atoms with E-state index in [0.717, 1.165) is 12.2 Å². The fourth-order valence-electron chi connectivity index (χ4n) is 0.993. The van der Waals surface area contributed by atoms with Gasteiger partial charge in [0.05, 0.1) is 12.3 Å². The van der Waals surface area contributed by atoms with Crippen molar-refractivity contribution < 1.29 is 5.11 Å². The lowest BCUT2D eigenvalue weighted by molar-refractivity contribution is 0.276. The Balaban J connectivity index is 2.72. The van der Waals surface area contributed by atoms with Gasteiger partial charge in [-0.3, -0.25) is 0 Å². The van der Waals surface area contributed by atoms with E-state index >= 15 is 0 Å². The minimum atomic E-state index is -0.00633. The highest BCUT2D eigenvalue weighted by molar-refractivity contribution is 5.01. The van der Waals surface area contributed by atoms with Crippen LogP contribution in [-0.4, -0.2) is 15.1 Å². The van der Waals surface area contributed by atoms with E-state index in [1.165, 1.54) is 0 Å². The molecule has 1 rings (SSSR count). The maximum absolute atomic E-state index is 8.81. The molecule has 66 valence electrons. The molecule has 0 aliphatic rings. The van der Waals surface area contributed by atoms with Crippen molar-refractivity contribution in [2.45, 2.75) is 26.9 Å². The number of aliphatic hydroxyl groups is 1. The fourth-order valence-corrected chi connectivity index (χ4v) is 0.993. The molecule has 1 N–H and O–H groups in total. The normalized spacial score (nSPS) is 10.7. The van der Waals surface area contributed by atoms with E-state index in [9.17, 15) is 0 Å². The first-order chi connectivity index (χ1) is 5.72. The van der Waals surface area contributed by atoms with Gasteiger partial charge in [-0.2, -0.15) is 0 Å². The van der Waals surface area contributed by atoms with Gasteiger partial charge in [0, 0.05) is 12.6 Å². The number of hydrogen-bond donors (Lipinski definition) is 1. The highest BCUT2D eigenvalue weighted by atomic mass is 16.3. The van der Waals surface area contributed by atoms with E-state index in [0.29, 0.717) is 11.6 Å². The molecule has 0 saturated carbocycles. The van der Waals surface area contributed by atoms with Crippen molar-refractivity contribution >= 4 is 0 Å². The van der Waals surface area contributed by atoms with Crippen LogP contribution in [0.4, 0.5) is 0 Å². The molecule has 0 unspecified atom stereocenters. The van der Waals surface area contributed by atoms with Gasteiger partial charge in [0.1, 0.15) is 5.82 Å². The third kappa shape index (κ3) is 2.58. The van der Waals surface area contributed by atoms with Crippen LogP contribution in [0.3, 0.4) is 0 Å². The molecular formula is C9H14N2O. The monoisotopic (exact) mass is 166 g/mol. The van der Waals surface area contributed by atoms with Crippen LogP contribution in [0.2, 0.25) is 0 Å². The van der Waals surface area contributed by atoms with Gasteiger partial charge in [0.2, 0.25) is 0 Å². The summed E-state index contributed by atoms with van der Waals surface area (Å²) in [5.41, 5.74) is 0.695. The highest BCUT2D eigenvalue weighted by Crippen LogP contribution is 2.02. The summed E-state index contributed by atoms with van der Waals surface area (Å²) in [7, 11) is 0. The Morgan fingerprint density at radius 3 is 2.83 bits per heavy atom. The number of aliphatic hydroxyl groups excluding tert-OH is 1. The first-order valence-corrected chi connectivity index (χ1v) is 4.14. The van der Waals surface area contributed by atoms with E-state index in [1.807, 2.05) is 0 Å². The molecule has 1 aromatic heterocycles. The number of hydrogen-bond acceptors (Lipinski definition) is 3. The van der Waals surface area contributed by atoms with Gasteiger partial charge >= 0.3 is 0 Å². The van der Waals surface area contributed by atoms with Crippen molar-refractivity contribution in [2.75, 3.05) is 0 Å². The van der Waals surface area contributed by atoms with E-state index in [1.54, 1.807) is 12.3 Å². The maximum Gasteiger partial charge on any atom is 0.128 e. The van der Waals surface area contributed by atoms with Crippen molar-refractivity contribution in [3.63, 3.8) is 0 Å². The van der Waals surface area contributed by atoms with Gasteiger partial charge in [0.15, 0.2) is 0 Å². The standard InChI is InChI=1S/C9H14N2O/c1-7(2)5-9-10-4-3-8(6-12)11-9/h3-4,7,12H,5-6H2,1-2H3. The highest BCUT2D eigenvalue weighted by Gasteiger charge is 2.00. The minimum absolute atomic E-state index is 0.00633. The molecule has 1 aromatic rings. The third-order valence-electron chi connectivity index (χ3n) is 1.52. The van der Waals surface area contributed by atoms with Crippen LogP contribution in [0, 0.1) is 5.92 Å². The van der Waals surface area contributed by atoms with Crippen molar-refractivity contribution in [1.29, 1.82) is 0 Å². The van der Waals surface area contributed by atoms with Crippen LogP contribution in [0.1, 0.15) is 25.4 Å². The average Bonchev–Trinajstić information content (AvgIpc) is 2.03. The van der Waals surface area contributed by atoms with E-state index in [-0.39, 0.29) is 6.61 Å². The zero-order valence-electron chi connectivity index (χ0n) is 7.49. The first kappa shape index (κ1) is 9.13. The van der Waals surface area contributed by atoms with Gasteiger partial charge < -0.3 is 5.11 Å². The van der Waals surface area contributed by atoms with E-state index in [2.05, 4.69) is 23.8 Å². The molecule has 0 aliphatic carbocycles. The maximum atomic E-state index is 8.81. The Kier molecular flexibility index (Phi) is 3.17. The van der Waals surface area contributed by atoms with Crippen LogP contribution < -0.4 is 0 Å². The SMILES string of the molecule is CC(C)Cc1nccc(CO)n1. The summed E-state index contributed by atoms with van der Waals surface area (Å²) in [5.74, 6) is 1.37. The molecule has 12 heavy (non-hydrogen) atoms. The van der Waals surface area contributed by atoms with Gasteiger partial charge in [-0.15, -0.1) is 0 Å². The summed E-state index contributed by atoms with van der Waals surface area (Å²) in [4.78, 5) is 8.28. The molecular weight excluding hydrogens is 152 g/mol. The van der Waals surface area contributed by atoms with Gasteiger partial charge in [0.25, 0.3) is 0 Å². The lowest BCUT2D eigenvalue weighted by Crippen LogP contribution is -2.02. The van der Waals surface area contributed by atoms with Crippen LogP contribution in [-0.2, 0) is 13.0 Å². The predicted octanol–water partition coefficient (Wildman–Crippen LogP) is 1.17. The Morgan fingerprint density at radius 1 is 1.50 bits per heavy atom. The van der Waals surface area contributed by atoms with E-state index < -0.39 is 0 Å². The average molecular weight is 166 g/mol. The Labute approximate surface area is 72.5 Å². The Bertz CT molecular complexity index is 248. The second-order valence-electron chi connectivity index (χ2n) is 3.22. The number of aromatic nitrogens is 2. The molecule has 0 bridgehead atoms. The number of rotatable bonds is 3. The summed E-state index contributed by atoms with van der Waals surface area (Å²) in [5, 5.41) is 8.81. The lowest BCUT2D eigenvalue weighted by atomic mass is 10.1. The summed E-state index contributed by atoms with van der Waals surface area (Å²) < 4.78 is 0. The van der Waals surface area contributed by atoms with Crippen LogP contribution in [0.15, 0.2) is 12.3 Å². The molecule has 0 aliphatic heterocycles. The second-order valence-corrected chi connectivity index (χ2v) is 3.22. The zero-order valence-corrected chi connectivity index (χ0v) is 7.49. The lowest BCUT2D eigenvalue weighted by Gasteiger charge is -2.03. The third-order valence-corrected chi connectivity index (χ3v) is 1.52. The van der Waals surface area contributed by atoms with Gasteiger partial charge in [-0.25, -0.2) is 9.97 Å². The molecule has 0 radical (unpaired) electrons. The molecule has 0 aromatic carbocycles. The molecule has 0 fully saturated rings.